The lowest BCUT2D eigenvalue weighted by Gasteiger charge is -2.38. The number of carbonyl (C=O) groups excluding carboxylic acids is 1. The van der Waals surface area contributed by atoms with E-state index in [4.69, 9.17) is 16.3 Å². The van der Waals surface area contributed by atoms with Gasteiger partial charge >= 0.3 is 5.97 Å². The van der Waals surface area contributed by atoms with Gasteiger partial charge in [0.05, 0.1) is 11.0 Å². The number of unbranched alkanes of at least 4 members (excludes halogenated alkanes) is 9. The van der Waals surface area contributed by atoms with Crippen molar-refractivity contribution in [2.75, 3.05) is 19.8 Å². The van der Waals surface area contributed by atoms with Gasteiger partial charge in [-0.1, -0.05) is 94.9 Å². The summed E-state index contributed by atoms with van der Waals surface area (Å²) >= 11 is 5.97. The minimum atomic E-state index is -0.833. The van der Waals surface area contributed by atoms with Gasteiger partial charge in [0, 0.05) is 18.1 Å². The Morgan fingerprint density at radius 2 is 1.48 bits per heavy atom. The molecule has 1 N–H and O–H groups in total. The van der Waals surface area contributed by atoms with E-state index in [0.717, 1.165) is 18.4 Å². The van der Waals surface area contributed by atoms with E-state index in [1.165, 1.54) is 57.8 Å². The lowest BCUT2D eigenvalue weighted by atomic mass is 9.84. The largest absolute Gasteiger partial charge is 0.449 e. The van der Waals surface area contributed by atoms with Crippen LogP contribution in [0.1, 0.15) is 110 Å². The fraction of sp³-hybridized carbons (Fsp3) is 0.750. The molecule has 0 bridgehead atoms. The minimum Gasteiger partial charge on any atom is -0.449 e. The summed E-state index contributed by atoms with van der Waals surface area (Å²) in [5.41, 5.74) is -0.374. The highest BCUT2D eigenvalue weighted by Gasteiger charge is 2.35. The highest BCUT2D eigenvalue weighted by Crippen LogP contribution is 2.33. The van der Waals surface area contributed by atoms with Crippen LogP contribution in [-0.4, -0.2) is 35.8 Å². The molecular formula is C28H46ClNO3. The van der Waals surface area contributed by atoms with Crippen LogP contribution in [0, 0.1) is 5.41 Å². The number of hydrogen-bond acceptors (Lipinski definition) is 4. The molecule has 33 heavy (non-hydrogen) atoms. The molecule has 4 nitrogen and oxygen atoms in total. The molecule has 0 spiro atoms. The van der Waals surface area contributed by atoms with Crippen LogP contribution < -0.4 is 0 Å². The minimum absolute atomic E-state index is 0.114. The lowest BCUT2D eigenvalue weighted by molar-refractivity contribution is -0.161. The van der Waals surface area contributed by atoms with Crippen molar-refractivity contribution in [3.8, 4) is 0 Å². The van der Waals surface area contributed by atoms with E-state index >= 15 is 0 Å². The molecule has 1 heterocycles. The summed E-state index contributed by atoms with van der Waals surface area (Å²) in [7, 11) is 0. The van der Waals surface area contributed by atoms with Crippen LogP contribution in [-0.2, 0) is 15.1 Å². The van der Waals surface area contributed by atoms with Crippen molar-refractivity contribution >= 4 is 17.6 Å². The van der Waals surface area contributed by atoms with E-state index in [0.29, 0.717) is 37.7 Å². The molecule has 0 aromatic heterocycles. The van der Waals surface area contributed by atoms with Gasteiger partial charge in [0.1, 0.15) is 6.73 Å². The van der Waals surface area contributed by atoms with Crippen LogP contribution >= 0.6 is 11.6 Å². The highest BCUT2D eigenvalue weighted by atomic mass is 35.5. The van der Waals surface area contributed by atoms with Gasteiger partial charge in [-0.15, -0.1) is 0 Å². The third-order valence-corrected chi connectivity index (χ3v) is 7.40. The summed E-state index contributed by atoms with van der Waals surface area (Å²) in [5.74, 6) is -0.114. The summed E-state index contributed by atoms with van der Waals surface area (Å²) in [6, 6.07) is 7.43. The quantitative estimate of drug-likeness (QED) is 0.209. The SMILES string of the molecule is CCCCCCCCCCCCC(C)(C)C(=O)OCN1CCC(O)(c2ccc(Cl)cc2)CC1. The molecule has 1 aliphatic rings. The molecular weight excluding hydrogens is 434 g/mol. The topological polar surface area (TPSA) is 49.8 Å². The molecule has 5 heteroatoms. The predicted octanol–water partition coefficient (Wildman–Crippen LogP) is 7.46. The average molecular weight is 480 g/mol. The second-order valence-corrected chi connectivity index (χ2v) is 11.0. The second kappa shape index (κ2) is 14.3. The molecule has 0 amide bonds. The Hall–Kier alpha value is -1.10. The smallest absolute Gasteiger partial charge is 0.312 e. The zero-order chi connectivity index (χ0) is 24.2. The van der Waals surface area contributed by atoms with E-state index < -0.39 is 11.0 Å². The average Bonchev–Trinajstić information content (AvgIpc) is 2.80. The monoisotopic (exact) mass is 479 g/mol. The van der Waals surface area contributed by atoms with E-state index in [1.807, 2.05) is 38.1 Å². The van der Waals surface area contributed by atoms with Crippen LogP contribution in [0.5, 0.6) is 0 Å². The van der Waals surface area contributed by atoms with Crippen molar-refractivity contribution in [3.05, 3.63) is 34.9 Å². The zero-order valence-electron chi connectivity index (χ0n) is 21.2. The number of nitrogens with zero attached hydrogens (tertiary/aromatic N) is 1. The molecule has 2 rings (SSSR count). The number of rotatable bonds is 15. The Morgan fingerprint density at radius 1 is 0.970 bits per heavy atom. The number of aliphatic hydroxyl groups is 1. The van der Waals surface area contributed by atoms with Crippen molar-refractivity contribution < 1.29 is 14.6 Å². The van der Waals surface area contributed by atoms with Gasteiger partial charge < -0.3 is 9.84 Å². The fourth-order valence-electron chi connectivity index (χ4n) is 4.60. The zero-order valence-corrected chi connectivity index (χ0v) is 22.0. The third-order valence-electron chi connectivity index (χ3n) is 7.15. The molecule has 1 aromatic carbocycles. The standard InChI is InChI=1S/C28H46ClNO3/c1-4-5-6-7-8-9-10-11-12-13-18-27(2,3)26(31)33-23-30-21-19-28(32,20-22-30)24-14-16-25(29)17-15-24/h14-17,32H,4-13,18-23H2,1-3H3. The molecule has 0 atom stereocenters. The Morgan fingerprint density at radius 3 is 2.03 bits per heavy atom. The Bertz CT molecular complexity index is 681. The van der Waals surface area contributed by atoms with Crippen LogP contribution in [0.3, 0.4) is 0 Å². The number of esters is 1. The van der Waals surface area contributed by atoms with Crippen molar-refractivity contribution in [2.45, 2.75) is 110 Å². The first-order valence-corrected chi connectivity index (χ1v) is 13.5. The number of hydrogen-bond donors (Lipinski definition) is 1. The van der Waals surface area contributed by atoms with Gasteiger partial charge in [0.2, 0.25) is 0 Å². The maximum atomic E-state index is 12.7. The maximum Gasteiger partial charge on any atom is 0.312 e. The first-order chi connectivity index (χ1) is 15.8. The van der Waals surface area contributed by atoms with Gasteiger partial charge in [-0.2, -0.15) is 0 Å². The Kier molecular flexibility index (Phi) is 12.2. The van der Waals surface area contributed by atoms with Crippen molar-refractivity contribution in [1.29, 1.82) is 0 Å². The summed E-state index contributed by atoms with van der Waals surface area (Å²) < 4.78 is 5.67. The second-order valence-electron chi connectivity index (χ2n) is 10.5. The molecule has 1 aliphatic heterocycles. The van der Waals surface area contributed by atoms with Gasteiger partial charge in [-0.05, 0) is 50.8 Å². The Labute approximate surface area is 207 Å². The molecule has 0 unspecified atom stereocenters. The number of ether oxygens (including phenoxy) is 1. The van der Waals surface area contributed by atoms with Crippen LogP contribution in [0.4, 0.5) is 0 Å². The van der Waals surface area contributed by atoms with Crippen LogP contribution in [0.25, 0.3) is 0 Å². The normalized spacial score (nSPS) is 16.6. The van der Waals surface area contributed by atoms with Crippen LogP contribution in [0.15, 0.2) is 24.3 Å². The maximum absolute atomic E-state index is 12.7. The van der Waals surface area contributed by atoms with E-state index in [1.54, 1.807) is 0 Å². The number of halogens is 1. The molecule has 0 aliphatic carbocycles. The number of carbonyl (C=O) groups is 1. The molecule has 0 saturated carbocycles. The van der Waals surface area contributed by atoms with Gasteiger partial charge in [-0.25, -0.2) is 0 Å². The van der Waals surface area contributed by atoms with Crippen molar-refractivity contribution in [3.63, 3.8) is 0 Å². The first kappa shape index (κ1) is 28.1. The summed E-state index contributed by atoms with van der Waals surface area (Å²) in [5, 5.41) is 11.7. The molecule has 0 radical (unpaired) electrons. The van der Waals surface area contributed by atoms with Crippen LogP contribution in [0.2, 0.25) is 5.02 Å². The molecule has 1 aromatic rings. The Balaban J connectivity index is 1.59. The van der Waals surface area contributed by atoms with Crippen molar-refractivity contribution in [2.24, 2.45) is 5.41 Å². The van der Waals surface area contributed by atoms with E-state index in [9.17, 15) is 9.90 Å². The molecule has 1 saturated heterocycles. The van der Waals surface area contributed by atoms with E-state index in [2.05, 4.69) is 11.8 Å². The van der Waals surface area contributed by atoms with Gasteiger partial charge in [-0.3, -0.25) is 9.69 Å². The number of likely N-dealkylation sites (tertiary alicyclic amines) is 1. The fourth-order valence-corrected chi connectivity index (χ4v) is 4.73. The number of piperidine rings is 1. The third kappa shape index (κ3) is 9.96. The van der Waals surface area contributed by atoms with E-state index in [-0.39, 0.29) is 5.97 Å². The molecule has 1 fully saturated rings. The summed E-state index contributed by atoms with van der Waals surface area (Å²) in [4.78, 5) is 14.8. The van der Waals surface area contributed by atoms with Gasteiger partial charge in [0.15, 0.2) is 0 Å². The van der Waals surface area contributed by atoms with Crippen molar-refractivity contribution in [1.82, 2.24) is 4.90 Å². The highest BCUT2D eigenvalue weighted by molar-refractivity contribution is 6.30. The first-order valence-electron chi connectivity index (χ1n) is 13.1. The number of benzene rings is 1. The van der Waals surface area contributed by atoms with Gasteiger partial charge in [0.25, 0.3) is 0 Å². The predicted molar refractivity (Wildman–Crippen MR) is 137 cm³/mol. The molecule has 188 valence electrons. The summed E-state index contributed by atoms with van der Waals surface area (Å²) in [6.45, 7) is 7.96. The lowest BCUT2D eigenvalue weighted by Crippen LogP contribution is -2.44. The summed E-state index contributed by atoms with van der Waals surface area (Å²) in [6.07, 6.45) is 15.1.